The predicted octanol–water partition coefficient (Wildman–Crippen LogP) is 0.794. The van der Waals surface area contributed by atoms with Crippen LogP contribution in [0.5, 0.6) is 0 Å². The Morgan fingerprint density at radius 1 is 1.38 bits per heavy atom. The minimum Gasteiger partial charge on any atom is -0.309 e. The summed E-state index contributed by atoms with van der Waals surface area (Å²) in [5, 5.41) is 6.88. The number of hydrogen-bond acceptors (Lipinski definition) is 5. The van der Waals surface area contributed by atoms with Crippen molar-refractivity contribution in [3.05, 3.63) is 41.6 Å². The third-order valence-electron chi connectivity index (χ3n) is 3.62. The summed E-state index contributed by atoms with van der Waals surface area (Å²) in [6.45, 7) is 3.42. The molecule has 2 aromatic rings. The van der Waals surface area contributed by atoms with Gasteiger partial charge in [-0.25, -0.2) is 8.42 Å². The Morgan fingerprint density at radius 3 is 2.75 bits per heavy atom. The van der Waals surface area contributed by atoms with Crippen molar-refractivity contribution in [2.45, 2.75) is 24.8 Å². The van der Waals surface area contributed by atoms with Crippen LogP contribution in [0.4, 0.5) is 5.82 Å². The van der Waals surface area contributed by atoms with E-state index in [1.54, 1.807) is 42.9 Å². The van der Waals surface area contributed by atoms with Crippen LogP contribution in [-0.4, -0.2) is 36.0 Å². The number of aryl methyl sites for hydroxylation is 2. The lowest BCUT2D eigenvalue weighted by Gasteiger charge is -2.09. The fraction of sp³-hybridized carbons (Fsp3) is 0.267. The molecule has 0 radical (unpaired) electrons. The van der Waals surface area contributed by atoms with Crippen molar-refractivity contribution in [2.24, 2.45) is 12.0 Å². The molecule has 2 heterocycles. The van der Waals surface area contributed by atoms with Crippen molar-refractivity contribution in [3.8, 4) is 0 Å². The average molecular weight is 347 g/mol. The standard InChI is InChI=1S/C15H17N5O3S/c1-9-8-13(20(3)18-9)17-15(21)10(2)16-14-11-6-4-5-7-12(11)24(22,23)19-14/h4-8,10H,1-3H3,(H,16,19)(H,17,21)/t10-/m0/s1. The second-order valence-electron chi connectivity index (χ2n) is 5.54. The number of aromatic nitrogens is 2. The molecule has 0 saturated heterocycles. The van der Waals surface area contributed by atoms with E-state index in [1.165, 1.54) is 6.07 Å². The molecule has 1 aliphatic rings. The van der Waals surface area contributed by atoms with Crippen LogP contribution < -0.4 is 10.0 Å². The van der Waals surface area contributed by atoms with Crippen LogP contribution in [-0.2, 0) is 21.9 Å². The molecule has 0 unspecified atom stereocenters. The monoisotopic (exact) mass is 347 g/mol. The molecule has 1 atom stereocenters. The van der Waals surface area contributed by atoms with Gasteiger partial charge in [0.2, 0.25) is 5.91 Å². The molecule has 8 nitrogen and oxygen atoms in total. The second kappa shape index (κ2) is 5.75. The number of nitrogens with zero attached hydrogens (tertiary/aromatic N) is 3. The molecule has 0 saturated carbocycles. The number of benzene rings is 1. The Balaban J connectivity index is 1.84. The Bertz CT molecular complexity index is 946. The number of carbonyl (C=O) groups excluding carboxylic acids is 1. The van der Waals surface area contributed by atoms with Crippen molar-refractivity contribution >= 4 is 27.6 Å². The topological polar surface area (TPSA) is 105 Å². The summed E-state index contributed by atoms with van der Waals surface area (Å²) in [6.07, 6.45) is 0. The maximum atomic E-state index is 12.3. The van der Waals surface area contributed by atoms with Gasteiger partial charge in [-0.15, -0.1) is 0 Å². The van der Waals surface area contributed by atoms with Crippen LogP contribution in [0.3, 0.4) is 0 Å². The van der Waals surface area contributed by atoms with Crippen LogP contribution >= 0.6 is 0 Å². The van der Waals surface area contributed by atoms with E-state index >= 15 is 0 Å². The first-order chi connectivity index (χ1) is 11.3. The largest absolute Gasteiger partial charge is 0.309 e. The third kappa shape index (κ3) is 2.90. The van der Waals surface area contributed by atoms with Crippen molar-refractivity contribution < 1.29 is 13.2 Å². The molecule has 3 rings (SSSR count). The highest BCUT2D eigenvalue weighted by molar-refractivity contribution is 7.90. The van der Waals surface area contributed by atoms with E-state index in [0.29, 0.717) is 11.4 Å². The molecule has 0 fully saturated rings. The molecule has 0 bridgehead atoms. The van der Waals surface area contributed by atoms with E-state index in [0.717, 1.165) is 5.69 Å². The van der Waals surface area contributed by atoms with Gasteiger partial charge in [0.25, 0.3) is 10.0 Å². The van der Waals surface area contributed by atoms with Gasteiger partial charge in [0.05, 0.1) is 10.6 Å². The molecular weight excluding hydrogens is 330 g/mol. The highest BCUT2D eigenvalue weighted by Crippen LogP contribution is 2.22. The summed E-state index contributed by atoms with van der Waals surface area (Å²) in [7, 11) is -1.89. The van der Waals surface area contributed by atoms with Crippen LogP contribution in [0, 0.1) is 6.92 Å². The Kier molecular flexibility index (Phi) is 3.88. The zero-order valence-corrected chi connectivity index (χ0v) is 14.3. The number of carbonyl (C=O) groups is 1. The normalized spacial score (nSPS) is 18.0. The molecule has 1 aromatic carbocycles. The smallest absolute Gasteiger partial charge is 0.263 e. The molecule has 1 amide bonds. The van der Waals surface area contributed by atoms with Gasteiger partial charge in [0.1, 0.15) is 17.7 Å². The van der Waals surface area contributed by atoms with E-state index in [1.807, 2.05) is 6.92 Å². The molecule has 0 aliphatic carbocycles. The van der Waals surface area contributed by atoms with Gasteiger partial charge in [-0.1, -0.05) is 12.1 Å². The summed E-state index contributed by atoms with van der Waals surface area (Å²) in [6, 6.07) is 7.49. The number of rotatable bonds is 3. The minimum atomic E-state index is -3.61. The van der Waals surface area contributed by atoms with E-state index < -0.39 is 16.1 Å². The fourth-order valence-electron chi connectivity index (χ4n) is 2.44. The van der Waals surface area contributed by atoms with E-state index in [2.05, 4.69) is 20.1 Å². The number of amidine groups is 1. The van der Waals surface area contributed by atoms with E-state index in [9.17, 15) is 13.2 Å². The number of anilines is 1. The Morgan fingerprint density at radius 2 is 2.08 bits per heavy atom. The second-order valence-corrected chi connectivity index (χ2v) is 7.19. The molecule has 0 spiro atoms. The lowest BCUT2D eigenvalue weighted by Crippen LogP contribution is -2.29. The quantitative estimate of drug-likeness (QED) is 0.856. The maximum Gasteiger partial charge on any atom is 0.263 e. The summed E-state index contributed by atoms with van der Waals surface area (Å²) in [5.41, 5.74) is 1.25. The number of sulfonamides is 1. The van der Waals surface area contributed by atoms with Crippen LogP contribution in [0.2, 0.25) is 0 Å². The summed E-state index contributed by atoms with van der Waals surface area (Å²) in [5.74, 6) is 0.375. The highest BCUT2D eigenvalue weighted by Gasteiger charge is 2.31. The van der Waals surface area contributed by atoms with Gasteiger partial charge in [0, 0.05) is 18.7 Å². The van der Waals surface area contributed by atoms with Crippen molar-refractivity contribution in [2.75, 3.05) is 5.32 Å². The van der Waals surface area contributed by atoms with Crippen LogP contribution in [0.25, 0.3) is 0 Å². The molecule has 126 valence electrons. The SMILES string of the molecule is Cc1cc(NC(=O)[C@H](C)N=C2NS(=O)(=O)c3ccccc32)n(C)n1. The van der Waals surface area contributed by atoms with Crippen LogP contribution in [0.15, 0.2) is 40.2 Å². The van der Waals surface area contributed by atoms with Gasteiger partial charge < -0.3 is 5.32 Å². The summed E-state index contributed by atoms with van der Waals surface area (Å²) >= 11 is 0. The Labute approximate surface area is 139 Å². The van der Waals surface area contributed by atoms with E-state index in [4.69, 9.17) is 0 Å². The lowest BCUT2D eigenvalue weighted by atomic mass is 10.2. The van der Waals surface area contributed by atoms with Crippen LogP contribution in [0.1, 0.15) is 18.2 Å². The van der Waals surface area contributed by atoms with Gasteiger partial charge in [-0.3, -0.25) is 19.2 Å². The number of nitrogens with one attached hydrogen (secondary N) is 2. The predicted molar refractivity (Wildman–Crippen MR) is 89.3 cm³/mol. The zero-order valence-electron chi connectivity index (χ0n) is 13.4. The van der Waals surface area contributed by atoms with Crippen molar-refractivity contribution in [1.29, 1.82) is 0 Å². The molecule has 2 N–H and O–H groups in total. The van der Waals surface area contributed by atoms with Gasteiger partial charge >= 0.3 is 0 Å². The molecule has 24 heavy (non-hydrogen) atoms. The minimum absolute atomic E-state index is 0.165. The number of amides is 1. The van der Waals surface area contributed by atoms with Crippen molar-refractivity contribution in [3.63, 3.8) is 0 Å². The molecule has 1 aromatic heterocycles. The third-order valence-corrected chi connectivity index (χ3v) is 5.02. The summed E-state index contributed by atoms with van der Waals surface area (Å²) in [4.78, 5) is 16.7. The van der Waals surface area contributed by atoms with Gasteiger partial charge in [-0.2, -0.15) is 5.10 Å². The number of hydrogen-bond donors (Lipinski definition) is 2. The maximum absolute atomic E-state index is 12.3. The first kappa shape index (κ1) is 16.2. The summed E-state index contributed by atoms with van der Waals surface area (Å²) < 4.78 is 28.0. The molecule has 1 aliphatic heterocycles. The molecular formula is C15H17N5O3S. The zero-order chi connectivity index (χ0) is 17.5. The fourth-order valence-corrected chi connectivity index (χ4v) is 3.68. The number of aliphatic imine (C=N–C) groups is 1. The molecule has 9 heteroatoms. The van der Waals surface area contributed by atoms with Gasteiger partial charge in [0.15, 0.2) is 0 Å². The first-order valence-electron chi connectivity index (χ1n) is 7.29. The lowest BCUT2D eigenvalue weighted by molar-refractivity contribution is -0.117. The van der Waals surface area contributed by atoms with Gasteiger partial charge in [-0.05, 0) is 26.0 Å². The average Bonchev–Trinajstić information content (AvgIpc) is 2.96. The van der Waals surface area contributed by atoms with E-state index in [-0.39, 0.29) is 16.6 Å². The first-order valence-corrected chi connectivity index (χ1v) is 8.78. The van der Waals surface area contributed by atoms with Crippen molar-refractivity contribution in [1.82, 2.24) is 14.5 Å². The number of fused-ring (bicyclic) bond motifs is 1. The Hall–Kier alpha value is -2.68. The highest BCUT2D eigenvalue weighted by atomic mass is 32.2.